The largest absolute Gasteiger partial charge is 0.352 e. The molecule has 0 heterocycles. The van der Waals surface area contributed by atoms with Crippen molar-refractivity contribution in [2.24, 2.45) is 0 Å². The highest BCUT2D eigenvalue weighted by Crippen LogP contribution is 2.20. The van der Waals surface area contributed by atoms with E-state index in [-0.39, 0.29) is 17.9 Å². The number of thioether (sulfide) groups is 1. The van der Waals surface area contributed by atoms with Crippen molar-refractivity contribution in [1.29, 1.82) is 0 Å². The van der Waals surface area contributed by atoms with E-state index < -0.39 is 6.04 Å². The molecule has 0 unspecified atom stereocenters. The van der Waals surface area contributed by atoms with E-state index in [1.165, 1.54) is 18.4 Å². The molecule has 1 aliphatic rings. The molecular formula is C26H34N2O2S. The average molecular weight is 439 g/mol. The van der Waals surface area contributed by atoms with Crippen molar-refractivity contribution >= 4 is 23.6 Å². The maximum absolute atomic E-state index is 13.3. The Bertz CT molecular complexity index is 849. The van der Waals surface area contributed by atoms with Gasteiger partial charge in [-0.15, -0.1) is 11.8 Å². The fourth-order valence-electron chi connectivity index (χ4n) is 4.21. The van der Waals surface area contributed by atoms with Gasteiger partial charge in [-0.1, -0.05) is 79.9 Å². The summed E-state index contributed by atoms with van der Waals surface area (Å²) in [5, 5.41) is 3.20. The number of amides is 2. The molecule has 166 valence electrons. The van der Waals surface area contributed by atoms with Crippen molar-refractivity contribution in [3.8, 4) is 0 Å². The Hall–Kier alpha value is -2.27. The van der Waals surface area contributed by atoms with Crippen LogP contribution in [0.3, 0.4) is 0 Å². The van der Waals surface area contributed by atoms with E-state index in [2.05, 4.69) is 36.5 Å². The predicted octanol–water partition coefficient (Wildman–Crippen LogP) is 5.09. The van der Waals surface area contributed by atoms with Crippen LogP contribution >= 0.6 is 11.8 Å². The van der Waals surface area contributed by atoms with E-state index >= 15 is 0 Å². The van der Waals surface area contributed by atoms with Crippen LogP contribution in [0.25, 0.3) is 0 Å². The smallest absolute Gasteiger partial charge is 0.243 e. The van der Waals surface area contributed by atoms with E-state index in [1.54, 1.807) is 16.7 Å². The molecule has 1 saturated carbocycles. The molecule has 4 nitrogen and oxygen atoms in total. The van der Waals surface area contributed by atoms with Crippen LogP contribution in [0.4, 0.5) is 0 Å². The van der Waals surface area contributed by atoms with Gasteiger partial charge in [0.1, 0.15) is 6.04 Å². The minimum absolute atomic E-state index is 0.0107. The van der Waals surface area contributed by atoms with Gasteiger partial charge in [0.15, 0.2) is 0 Å². The van der Waals surface area contributed by atoms with Crippen molar-refractivity contribution in [1.82, 2.24) is 10.2 Å². The molecule has 1 aliphatic carbocycles. The van der Waals surface area contributed by atoms with Crippen molar-refractivity contribution in [2.45, 2.75) is 70.3 Å². The van der Waals surface area contributed by atoms with Crippen LogP contribution in [0.2, 0.25) is 0 Å². The molecule has 1 fully saturated rings. The average Bonchev–Trinajstić information content (AvgIpc) is 3.27. The van der Waals surface area contributed by atoms with Crippen LogP contribution in [0, 0.1) is 6.92 Å². The predicted molar refractivity (Wildman–Crippen MR) is 129 cm³/mol. The Morgan fingerprint density at radius 2 is 1.77 bits per heavy atom. The number of hydrogen-bond acceptors (Lipinski definition) is 3. The summed E-state index contributed by atoms with van der Waals surface area (Å²) in [5.41, 5.74) is 3.43. The first-order valence-electron chi connectivity index (χ1n) is 11.3. The van der Waals surface area contributed by atoms with Crippen LogP contribution in [0.5, 0.6) is 0 Å². The molecular weight excluding hydrogens is 404 g/mol. The SMILES string of the molecule is CC[C@H](C(=O)NC1CCCC1)N(Cc1cccc(C)c1)C(=O)CSCc1ccccc1. The van der Waals surface area contributed by atoms with E-state index in [4.69, 9.17) is 0 Å². The lowest BCUT2D eigenvalue weighted by Crippen LogP contribution is -2.51. The van der Waals surface area contributed by atoms with E-state index in [0.29, 0.717) is 18.7 Å². The molecule has 0 bridgehead atoms. The van der Waals surface area contributed by atoms with Gasteiger partial charge in [-0.05, 0) is 37.3 Å². The zero-order chi connectivity index (χ0) is 22.1. The van der Waals surface area contributed by atoms with Gasteiger partial charge in [-0.25, -0.2) is 0 Å². The van der Waals surface area contributed by atoms with Gasteiger partial charge < -0.3 is 10.2 Å². The van der Waals surface area contributed by atoms with Crippen LogP contribution in [-0.4, -0.2) is 34.6 Å². The number of nitrogens with zero attached hydrogens (tertiary/aromatic N) is 1. The van der Waals surface area contributed by atoms with Crippen LogP contribution < -0.4 is 5.32 Å². The van der Waals surface area contributed by atoms with Crippen molar-refractivity contribution in [3.05, 3.63) is 71.3 Å². The van der Waals surface area contributed by atoms with E-state index in [0.717, 1.165) is 29.7 Å². The molecule has 0 saturated heterocycles. The van der Waals surface area contributed by atoms with E-state index in [1.807, 2.05) is 37.3 Å². The second-order valence-corrected chi connectivity index (χ2v) is 9.39. The van der Waals surface area contributed by atoms with Crippen molar-refractivity contribution in [2.75, 3.05) is 5.75 Å². The summed E-state index contributed by atoms with van der Waals surface area (Å²) in [7, 11) is 0. The van der Waals surface area contributed by atoms with E-state index in [9.17, 15) is 9.59 Å². The molecule has 2 aromatic carbocycles. The maximum atomic E-state index is 13.3. The molecule has 0 spiro atoms. The molecule has 0 aromatic heterocycles. The van der Waals surface area contributed by atoms with Gasteiger partial charge in [-0.3, -0.25) is 9.59 Å². The first-order valence-corrected chi connectivity index (χ1v) is 12.5. The number of hydrogen-bond donors (Lipinski definition) is 1. The highest BCUT2D eigenvalue weighted by atomic mass is 32.2. The molecule has 2 aromatic rings. The number of aryl methyl sites for hydroxylation is 1. The molecule has 0 radical (unpaired) electrons. The summed E-state index contributed by atoms with van der Waals surface area (Å²) >= 11 is 1.61. The third kappa shape index (κ3) is 7.13. The zero-order valence-corrected chi connectivity index (χ0v) is 19.5. The number of carbonyl (C=O) groups is 2. The second-order valence-electron chi connectivity index (χ2n) is 8.40. The minimum atomic E-state index is -0.439. The quantitative estimate of drug-likeness (QED) is 0.562. The van der Waals surface area contributed by atoms with Gasteiger partial charge in [0, 0.05) is 18.3 Å². The Morgan fingerprint density at radius 3 is 2.45 bits per heavy atom. The van der Waals surface area contributed by atoms with Gasteiger partial charge in [0.2, 0.25) is 11.8 Å². The molecule has 1 atom stereocenters. The number of rotatable bonds is 10. The third-order valence-electron chi connectivity index (χ3n) is 5.86. The fraction of sp³-hybridized carbons (Fsp3) is 0.462. The molecule has 0 aliphatic heterocycles. The van der Waals surface area contributed by atoms with Crippen LogP contribution in [0.15, 0.2) is 54.6 Å². The standard InChI is InChI=1S/C26H34N2O2S/c1-3-24(26(30)27-23-14-7-8-15-23)28(17-22-13-9-10-20(2)16-22)25(29)19-31-18-21-11-5-4-6-12-21/h4-6,9-13,16,23-24H,3,7-8,14-15,17-19H2,1-2H3,(H,27,30)/t24-/m1/s1. The summed E-state index contributed by atoms with van der Waals surface area (Å²) in [6.45, 7) is 4.50. The highest BCUT2D eigenvalue weighted by Gasteiger charge is 2.30. The molecule has 3 rings (SSSR count). The fourth-order valence-corrected chi connectivity index (χ4v) is 5.08. The summed E-state index contributed by atoms with van der Waals surface area (Å²) in [4.78, 5) is 28.2. The van der Waals surface area contributed by atoms with Crippen LogP contribution in [-0.2, 0) is 21.9 Å². The lowest BCUT2D eigenvalue weighted by Gasteiger charge is -2.31. The molecule has 5 heteroatoms. The summed E-state index contributed by atoms with van der Waals surface area (Å²) in [6, 6.07) is 18.2. The molecule has 31 heavy (non-hydrogen) atoms. The monoisotopic (exact) mass is 438 g/mol. The van der Waals surface area contributed by atoms with Gasteiger partial charge in [0.05, 0.1) is 5.75 Å². The topological polar surface area (TPSA) is 49.4 Å². The highest BCUT2D eigenvalue weighted by molar-refractivity contribution is 7.99. The molecule has 2 amide bonds. The maximum Gasteiger partial charge on any atom is 0.243 e. The lowest BCUT2D eigenvalue weighted by atomic mass is 10.1. The lowest BCUT2D eigenvalue weighted by molar-refractivity contribution is -0.139. The third-order valence-corrected chi connectivity index (χ3v) is 6.85. The van der Waals surface area contributed by atoms with Crippen molar-refractivity contribution in [3.63, 3.8) is 0 Å². The summed E-state index contributed by atoms with van der Waals surface area (Å²) in [6.07, 6.45) is 5.04. The number of benzene rings is 2. The Labute approximate surface area is 190 Å². The normalized spacial score (nSPS) is 14.9. The van der Waals surface area contributed by atoms with Crippen LogP contribution in [0.1, 0.15) is 55.7 Å². The second kappa shape index (κ2) is 11.9. The first kappa shape index (κ1) is 23.4. The number of nitrogens with one attached hydrogen (secondary N) is 1. The van der Waals surface area contributed by atoms with Gasteiger partial charge in [0.25, 0.3) is 0 Å². The summed E-state index contributed by atoms with van der Waals surface area (Å²) < 4.78 is 0. The van der Waals surface area contributed by atoms with Crippen molar-refractivity contribution < 1.29 is 9.59 Å². The summed E-state index contributed by atoms with van der Waals surface area (Å²) in [5.74, 6) is 1.17. The molecule has 1 N–H and O–H groups in total. The van der Waals surface area contributed by atoms with Gasteiger partial charge >= 0.3 is 0 Å². The minimum Gasteiger partial charge on any atom is -0.352 e. The first-order chi connectivity index (χ1) is 15.1. The number of carbonyl (C=O) groups excluding carboxylic acids is 2. The van der Waals surface area contributed by atoms with Gasteiger partial charge in [-0.2, -0.15) is 0 Å². The Morgan fingerprint density at radius 1 is 1.06 bits per heavy atom. The Kier molecular flexibility index (Phi) is 9.01. The Balaban J connectivity index is 1.70. The zero-order valence-electron chi connectivity index (χ0n) is 18.7.